The molecule has 10 nitrogen and oxygen atoms in total. The Morgan fingerprint density at radius 3 is 1.19 bits per heavy atom. The second-order valence-electron chi connectivity index (χ2n) is 9.63. The number of rotatable bonds is 34. The summed E-state index contributed by atoms with van der Waals surface area (Å²) >= 11 is 0. The Hall–Kier alpha value is -1.34. The van der Waals surface area contributed by atoms with Crippen molar-refractivity contribution in [2.24, 2.45) is 0 Å². The highest BCUT2D eigenvalue weighted by molar-refractivity contribution is 5.27. The van der Waals surface area contributed by atoms with Crippen molar-refractivity contribution >= 4 is 0 Å². The van der Waals surface area contributed by atoms with Crippen molar-refractivity contribution < 1.29 is 47.7 Å². The highest BCUT2D eigenvalue weighted by Gasteiger charge is 1.99. The molecular formula is C32H58O10. The number of benzene rings is 1. The SMILES string of the molecule is CCCCCCCCc1ccc(OCCOCCOCCOCCOCCOCCOCCOCCOCCO)cc1. The maximum atomic E-state index is 8.58. The number of aliphatic hydroxyl groups excluding tert-OH is 1. The first-order valence-corrected chi connectivity index (χ1v) is 15.8. The van der Waals surface area contributed by atoms with Crippen LogP contribution in [0.2, 0.25) is 0 Å². The average molecular weight is 603 g/mol. The van der Waals surface area contributed by atoms with Crippen molar-refractivity contribution in [2.45, 2.75) is 51.9 Å². The van der Waals surface area contributed by atoms with E-state index >= 15 is 0 Å². The van der Waals surface area contributed by atoms with Crippen LogP contribution in [-0.4, -0.2) is 124 Å². The molecule has 0 spiro atoms. The summed E-state index contributed by atoms with van der Waals surface area (Å²) in [6.45, 7) is 10.9. The van der Waals surface area contributed by atoms with Crippen LogP contribution in [0.1, 0.15) is 51.0 Å². The van der Waals surface area contributed by atoms with Crippen molar-refractivity contribution in [2.75, 3.05) is 119 Å². The molecule has 0 aromatic heterocycles. The van der Waals surface area contributed by atoms with Gasteiger partial charge < -0.3 is 47.7 Å². The summed E-state index contributed by atoms with van der Waals surface area (Å²) < 4.78 is 49.1. The third-order valence-electron chi connectivity index (χ3n) is 6.08. The molecule has 0 aliphatic rings. The zero-order valence-corrected chi connectivity index (χ0v) is 26.1. The Morgan fingerprint density at radius 1 is 0.429 bits per heavy atom. The van der Waals surface area contributed by atoms with Crippen LogP contribution < -0.4 is 4.74 Å². The van der Waals surface area contributed by atoms with Gasteiger partial charge in [0, 0.05) is 0 Å². The summed E-state index contributed by atoms with van der Waals surface area (Å²) in [6, 6.07) is 8.43. The molecule has 0 aliphatic carbocycles. The smallest absolute Gasteiger partial charge is 0.119 e. The zero-order chi connectivity index (χ0) is 30.0. The summed E-state index contributed by atoms with van der Waals surface area (Å²) in [4.78, 5) is 0. The highest BCUT2D eigenvalue weighted by Crippen LogP contribution is 2.15. The van der Waals surface area contributed by atoms with Gasteiger partial charge in [-0.15, -0.1) is 0 Å². The standard InChI is InChI=1S/C32H58O10/c1-2-3-4-5-6-7-8-31-9-11-32(12-10-31)42-30-29-41-28-27-40-26-25-39-24-23-38-22-21-37-20-19-36-18-17-35-16-15-34-14-13-33/h9-12,33H,2-8,13-30H2,1H3. The lowest BCUT2D eigenvalue weighted by Crippen LogP contribution is -2.15. The number of hydrogen-bond acceptors (Lipinski definition) is 10. The Kier molecular flexibility index (Phi) is 30.0. The fourth-order valence-electron chi connectivity index (χ4n) is 3.79. The number of ether oxygens (including phenoxy) is 9. The van der Waals surface area contributed by atoms with Crippen molar-refractivity contribution in [3.63, 3.8) is 0 Å². The van der Waals surface area contributed by atoms with Gasteiger partial charge in [0.2, 0.25) is 0 Å². The summed E-state index contributed by atoms with van der Waals surface area (Å²) in [6.07, 6.45) is 9.10. The molecule has 0 amide bonds. The summed E-state index contributed by atoms with van der Waals surface area (Å²) in [5.74, 6) is 0.886. The van der Waals surface area contributed by atoms with E-state index in [9.17, 15) is 0 Å². The van der Waals surface area contributed by atoms with Crippen LogP contribution in [0.4, 0.5) is 0 Å². The van der Waals surface area contributed by atoms with Gasteiger partial charge in [0.25, 0.3) is 0 Å². The topological polar surface area (TPSA) is 103 Å². The molecule has 1 N–H and O–H groups in total. The number of hydrogen-bond donors (Lipinski definition) is 1. The Bertz CT molecular complexity index is 647. The van der Waals surface area contributed by atoms with Gasteiger partial charge in [-0.25, -0.2) is 0 Å². The Balaban J connectivity index is 1.73. The molecular weight excluding hydrogens is 544 g/mol. The van der Waals surface area contributed by atoms with Gasteiger partial charge in [-0.2, -0.15) is 0 Å². The third-order valence-corrected chi connectivity index (χ3v) is 6.08. The van der Waals surface area contributed by atoms with Gasteiger partial charge in [-0.05, 0) is 30.5 Å². The van der Waals surface area contributed by atoms with Gasteiger partial charge >= 0.3 is 0 Å². The second kappa shape index (κ2) is 32.6. The number of unbranched alkanes of at least 4 members (excludes halogenated alkanes) is 5. The second-order valence-corrected chi connectivity index (χ2v) is 9.63. The van der Waals surface area contributed by atoms with Crippen LogP contribution in [0.3, 0.4) is 0 Å². The van der Waals surface area contributed by atoms with Gasteiger partial charge in [0.15, 0.2) is 0 Å². The normalized spacial score (nSPS) is 11.4. The third kappa shape index (κ3) is 27.5. The molecule has 0 heterocycles. The van der Waals surface area contributed by atoms with E-state index in [1.807, 2.05) is 12.1 Å². The zero-order valence-electron chi connectivity index (χ0n) is 26.1. The number of aliphatic hydroxyl groups is 1. The number of aryl methyl sites for hydroxylation is 1. The van der Waals surface area contributed by atoms with E-state index in [2.05, 4.69) is 19.1 Å². The molecule has 0 radical (unpaired) electrons. The van der Waals surface area contributed by atoms with E-state index in [1.165, 1.54) is 44.1 Å². The van der Waals surface area contributed by atoms with Gasteiger partial charge in [-0.1, -0.05) is 51.2 Å². The molecule has 0 unspecified atom stereocenters. The fraction of sp³-hybridized carbons (Fsp3) is 0.812. The summed E-state index contributed by atoms with van der Waals surface area (Å²) in [5.41, 5.74) is 1.38. The van der Waals surface area contributed by atoms with Crippen molar-refractivity contribution in [1.29, 1.82) is 0 Å². The van der Waals surface area contributed by atoms with Crippen LogP contribution in [0, 0.1) is 0 Å². The molecule has 246 valence electrons. The van der Waals surface area contributed by atoms with Crippen LogP contribution in [0.25, 0.3) is 0 Å². The predicted molar refractivity (Wildman–Crippen MR) is 163 cm³/mol. The lowest BCUT2D eigenvalue weighted by atomic mass is 10.0. The molecule has 0 saturated heterocycles. The average Bonchev–Trinajstić information content (AvgIpc) is 3.01. The molecule has 1 rings (SSSR count). The Labute approximate surface area is 254 Å². The van der Waals surface area contributed by atoms with E-state index in [0.717, 1.165) is 12.2 Å². The molecule has 0 atom stereocenters. The minimum Gasteiger partial charge on any atom is -0.491 e. The Morgan fingerprint density at radius 2 is 0.786 bits per heavy atom. The first kappa shape index (κ1) is 38.7. The van der Waals surface area contributed by atoms with E-state index < -0.39 is 0 Å². The monoisotopic (exact) mass is 602 g/mol. The van der Waals surface area contributed by atoms with Crippen LogP contribution in [0.5, 0.6) is 5.75 Å². The van der Waals surface area contributed by atoms with Crippen LogP contribution in [-0.2, 0) is 44.3 Å². The fourth-order valence-corrected chi connectivity index (χ4v) is 3.79. The largest absolute Gasteiger partial charge is 0.491 e. The van der Waals surface area contributed by atoms with Crippen LogP contribution in [0.15, 0.2) is 24.3 Å². The van der Waals surface area contributed by atoms with E-state index in [-0.39, 0.29) is 6.61 Å². The van der Waals surface area contributed by atoms with Crippen molar-refractivity contribution in [3.05, 3.63) is 29.8 Å². The quantitative estimate of drug-likeness (QED) is 0.116. The molecule has 10 heteroatoms. The van der Waals surface area contributed by atoms with Gasteiger partial charge in [0.1, 0.15) is 12.4 Å². The van der Waals surface area contributed by atoms with Crippen molar-refractivity contribution in [1.82, 2.24) is 0 Å². The van der Waals surface area contributed by atoms with Gasteiger partial charge in [-0.3, -0.25) is 0 Å². The summed E-state index contributed by atoms with van der Waals surface area (Å²) in [5, 5.41) is 8.58. The van der Waals surface area contributed by atoms with E-state index in [0.29, 0.717) is 112 Å². The minimum absolute atomic E-state index is 0.0298. The maximum Gasteiger partial charge on any atom is 0.119 e. The molecule has 1 aromatic carbocycles. The molecule has 0 bridgehead atoms. The molecule has 0 fully saturated rings. The molecule has 0 saturated carbocycles. The van der Waals surface area contributed by atoms with Crippen molar-refractivity contribution in [3.8, 4) is 5.75 Å². The molecule has 0 aliphatic heterocycles. The highest BCUT2D eigenvalue weighted by atomic mass is 16.6. The van der Waals surface area contributed by atoms with E-state index in [4.69, 9.17) is 47.7 Å². The minimum atomic E-state index is 0.0298. The summed E-state index contributed by atoms with van der Waals surface area (Å²) in [7, 11) is 0. The lowest BCUT2D eigenvalue weighted by Gasteiger charge is -2.09. The van der Waals surface area contributed by atoms with Crippen LogP contribution >= 0.6 is 0 Å². The van der Waals surface area contributed by atoms with E-state index in [1.54, 1.807) is 0 Å². The van der Waals surface area contributed by atoms with Gasteiger partial charge in [0.05, 0.1) is 112 Å². The maximum absolute atomic E-state index is 8.58. The molecule has 42 heavy (non-hydrogen) atoms. The molecule has 1 aromatic rings. The first-order valence-electron chi connectivity index (χ1n) is 15.8. The predicted octanol–water partition coefficient (Wildman–Crippen LogP) is 4.09. The lowest BCUT2D eigenvalue weighted by molar-refractivity contribution is -0.0242. The first-order chi connectivity index (χ1) is 20.9.